The Morgan fingerprint density at radius 2 is 2.30 bits per heavy atom. The molecule has 1 aromatic rings. The Hall–Kier alpha value is -1.31. The second-order valence-electron chi connectivity index (χ2n) is 3.70. The summed E-state index contributed by atoms with van der Waals surface area (Å²) in [6.07, 6.45) is 1.53. The Balaban J connectivity index is 2.33. The minimum Gasteiger partial charge on any atom is -0.279 e. The fourth-order valence-corrected chi connectivity index (χ4v) is 3.42. The summed E-state index contributed by atoms with van der Waals surface area (Å²) >= 11 is 8.30. The molecule has 0 bridgehead atoms. The lowest BCUT2D eigenvalue weighted by molar-refractivity contribution is -0.384. The van der Waals surface area contributed by atoms with Gasteiger partial charge in [0.2, 0.25) is 5.12 Å². The molecule has 1 aliphatic rings. The number of hydrogen-bond donors (Lipinski definition) is 0. The van der Waals surface area contributed by atoms with Crippen molar-refractivity contribution in [3.63, 3.8) is 0 Å². The second-order valence-corrected chi connectivity index (χ2v) is 6.58. The zero-order chi connectivity index (χ0) is 14.7. The number of nitrogens with zero attached hydrogens (tertiary/aromatic N) is 2. The first-order valence-corrected chi connectivity index (χ1v) is 7.78. The number of rotatable bonds is 3. The SMILES string of the molecule is CCSC1=N/C(=C/c2ccc(Cl)c([N+](=O)[O-])c2)C(=O)S1. The van der Waals surface area contributed by atoms with Crippen molar-refractivity contribution in [3.8, 4) is 0 Å². The molecule has 2 rings (SSSR count). The van der Waals surface area contributed by atoms with Crippen LogP contribution in [0.4, 0.5) is 5.69 Å². The van der Waals surface area contributed by atoms with Crippen molar-refractivity contribution in [2.24, 2.45) is 4.99 Å². The molecule has 0 saturated heterocycles. The van der Waals surface area contributed by atoms with Crippen LogP contribution in [0.5, 0.6) is 0 Å². The molecule has 0 radical (unpaired) electrons. The molecule has 0 unspecified atom stereocenters. The number of carbonyl (C=O) groups is 1. The number of nitro benzene ring substituents is 1. The monoisotopic (exact) mass is 328 g/mol. The smallest absolute Gasteiger partial charge is 0.279 e. The predicted molar refractivity (Wildman–Crippen MR) is 84.2 cm³/mol. The molecule has 8 heteroatoms. The van der Waals surface area contributed by atoms with Crippen LogP contribution in [0.15, 0.2) is 28.9 Å². The van der Waals surface area contributed by atoms with Crippen LogP contribution in [0.3, 0.4) is 0 Å². The Kier molecular flexibility index (Phi) is 4.85. The topological polar surface area (TPSA) is 72.6 Å². The van der Waals surface area contributed by atoms with Crippen molar-refractivity contribution >= 4 is 56.4 Å². The summed E-state index contributed by atoms with van der Waals surface area (Å²) in [5.74, 6) is 0.832. The maximum absolute atomic E-state index is 11.8. The van der Waals surface area contributed by atoms with E-state index in [2.05, 4.69) is 4.99 Å². The lowest BCUT2D eigenvalue weighted by Gasteiger charge is -1.97. The summed E-state index contributed by atoms with van der Waals surface area (Å²) in [5.41, 5.74) is 0.630. The molecular formula is C12H9ClN2O3S2. The zero-order valence-electron chi connectivity index (χ0n) is 10.3. The van der Waals surface area contributed by atoms with E-state index in [1.807, 2.05) is 6.92 Å². The summed E-state index contributed by atoms with van der Waals surface area (Å²) in [5, 5.41) is 10.7. The van der Waals surface area contributed by atoms with Gasteiger partial charge in [-0.3, -0.25) is 14.9 Å². The molecule has 0 spiro atoms. The van der Waals surface area contributed by atoms with Gasteiger partial charge in [0.1, 0.15) is 15.1 Å². The Labute approximate surface area is 128 Å². The molecule has 104 valence electrons. The van der Waals surface area contributed by atoms with Gasteiger partial charge in [-0.05, 0) is 35.2 Å². The molecular weight excluding hydrogens is 320 g/mol. The highest BCUT2D eigenvalue weighted by Gasteiger charge is 2.22. The number of hydrogen-bond acceptors (Lipinski definition) is 6. The largest absolute Gasteiger partial charge is 0.288 e. The molecule has 0 amide bonds. The van der Waals surface area contributed by atoms with Crippen molar-refractivity contribution in [1.29, 1.82) is 0 Å². The molecule has 0 fully saturated rings. The summed E-state index contributed by atoms with van der Waals surface area (Å²) in [7, 11) is 0. The van der Waals surface area contributed by atoms with Crippen molar-refractivity contribution in [2.45, 2.75) is 6.92 Å². The number of halogens is 1. The van der Waals surface area contributed by atoms with Crippen LogP contribution in [0, 0.1) is 10.1 Å². The fourth-order valence-electron chi connectivity index (χ4n) is 1.49. The van der Waals surface area contributed by atoms with Crippen molar-refractivity contribution in [2.75, 3.05) is 5.75 Å². The standard InChI is InChI=1S/C12H9ClN2O3S2/c1-2-19-12-14-9(11(16)20-12)5-7-3-4-8(13)10(6-7)15(17)18/h3-6H,2H2,1H3/b9-5+. The molecule has 0 N–H and O–H groups in total. The van der Waals surface area contributed by atoms with E-state index >= 15 is 0 Å². The van der Waals surface area contributed by atoms with Crippen LogP contribution in [0.2, 0.25) is 5.02 Å². The number of benzene rings is 1. The minimum absolute atomic E-state index is 0.0648. The lowest BCUT2D eigenvalue weighted by Crippen LogP contribution is -1.91. The highest BCUT2D eigenvalue weighted by Crippen LogP contribution is 2.32. The molecule has 1 aromatic carbocycles. The van der Waals surface area contributed by atoms with Crippen LogP contribution in [0.1, 0.15) is 12.5 Å². The van der Waals surface area contributed by atoms with E-state index in [1.54, 1.807) is 6.07 Å². The Morgan fingerprint density at radius 3 is 2.95 bits per heavy atom. The maximum Gasteiger partial charge on any atom is 0.288 e. The first kappa shape index (κ1) is 15.1. The number of thioether (sulfide) groups is 2. The van der Waals surface area contributed by atoms with Gasteiger partial charge in [0, 0.05) is 6.07 Å². The summed E-state index contributed by atoms with van der Waals surface area (Å²) < 4.78 is 0.701. The molecule has 20 heavy (non-hydrogen) atoms. The minimum atomic E-state index is -0.558. The second kappa shape index (κ2) is 6.43. The van der Waals surface area contributed by atoms with E-state index in [1.165, 1.54) is 30.0 Å². The molecule has 0 aliphatic carbocycles. The molecule has 0 atom stereocenters. The van der Waals surface area contributed by atoms with Gasteiger partial charge in [0.15, 0.2) is 0 Å². The van der Waals surface area contributed by atoms with Crippen molar-refractivity contribution in [1.82, 2.24) is 0 Å². The first-order valence-electron chi connectivity index (χ1n) is 5.60. The predicted octanol–water partition coefficient (Wildman–Crippen LogP) is 3.97. The third-order valence-corrected chi connectivity index (χ3v) is 4.55. The average Bonchev–Trinajstić information content (AvgIpc) is 2.72. The summed E-state index contributed by atoms with van der Waals surface area (Å²) in [6, 6.07) is 4.37. The van der Waals surface area contributed by atoms with Crippen LogP contribution in [-0.2, 0) is 4.79 Å². The highest BCUT2D eigenvalue weighted by atomic mass is 35.5. The van der Waals surface area contributed by atoms with Gasteiger partial charge in [-0.25, -0.2) is 4.99 Å². The van der Waals surface area contributed by atoms with E-state index < -0.39 is 4.92 Å². The van der Waals surface area contributed by atoms with E-state index in [9.17, 15) is 14.9 Å². The van der Waals surface area contributed by atoms with Gasteiger partial charge in [-0.1, -0.05) is 36.4 Å². The van der Waals surface area contributed by atoms with Crippen LogP contribution in [0.25, 0.3) is 6.08 Å². The Morgan fingerprint density at radius 1 is 1.55 bits per heavy atom. The van der Waals surface area contributed by atoms with Crippen LogP contribution in [-0.4, -0.2) is 20.2 Å². The lowest BCUT2D eigenvalue weighted by atomic mass is 10.2. The van der Waals surface area contributed by atoms with Gasteiger partial charge in [0.05, 0.1) is 4.92 Å². The molecule has 1 heterocycles. The van der Waals surface area contributed by atoms with E-state index in [0.29, 0.717) is 15.6 Å². The molecule has 0 aromatic heterocycles. The van der Waals surface area contributed by atoms with Crippen molar-refractivity contribution < 1.29 is 9.72 Å². The van der Waals surface area contributed by atoms with Gasteiger partial charge in [-0.2, -0.15) is 0 Å². The third kappa shape index (κ3) is 3.41. The van der Waals surface area contributed by atoms with Gasteiger partial charge >= 0.3 is 0 Å². The summed E-state index contributed by atoms with van der Waals surface area (Å²) in [6.45, 7) is 1.97. The van der Waals surface area contributed by atoms with Gasteiger partial charge in [0.25, 0.3) is 5.69 Å². The summed E-state index contributed by atoms with van der Waals surface area (Å²) in [4.78, 5) is 26.2. The number of carbonyl (C=O) groups excluding carboxylic acids is 1. The first-order chi connectivity index (χ1) is 9.51. The van der Waals surface area contributed by atoms with Crippen LogP contribution < -0.4 is 0 Å². The quantitative estimate of drug-likeness (QED) is 0.477. The zero-order valence-corrected chi connectivity index (χ0v) is 12.7. The molecule has 1 aliphatic heterocycles. The van der Waals surface area contributed by atoms with E-state index in [4.69, 9.17) is 11.6 Å². The van der Waals surface area contributed by atoms with Gasteiger partial charge < -0.3 is 0 Å². The molecule has 5 nitrogen and oxygen atoms in total. The maximum atomic E-state index is 11.8. The van der Waals surface area contributed by atoms with Crippen LogP contribution >= 0.6 is 35.1 Å². The Bertz CT molecular complexity index is 644. The van der Waals surface area contributed by atoms with E-state index in [0.717, 1.165) is 17.5 Å². The number of nitro groups is 1. The third-order valence-electron chi connectivity index (χ3n) is 2.34. The fraction of sp³-hybridized carbons (Fsp3) is 0.167. The van der Waals surface area contributed by atoms with Crippen molar-refractivity contribution in [3.05, 3.63) is 44.6 Å². The average molecular weight is 329 g/mol. The normalized spacial score (nSPS) is 16.6. The van der Waals surface area contributed by atoms with E-state index in [-0.39, 0.29) is 15.8 Å². The number of aliphatic imine (C=N–C) groups is 1. The molecule has 0 saturated carbocycles. The van der Waals surface area contributed by atoms with Gasteiger partial charge in [-0.15, -0.1) is 0 Å². The highest BCUT2D eigenvalue weighted by molar-refractivity contribution is 8.45.